The minimum absolute atomic E-state index is 0.0306. The third kappa shape index (κ3) is 4.31. The van der Waals surface area contributed by atoms with E-state index in [1.54, 1.807) is 42.2 Å². The molecule has 0 aliphatic rings. The highest BCUT2D eigenvalue weighted by atomic mass is 19.1. The topological polar surface area (TPSA) is 56.1 Å². The normalized spacial score (nSPS) is 11.9. The molecule has 0 saturated heterocycles. The lowest BCUT2D eigenvalue weighted by molar-refractivity contribution is -0.121. The summed E-state index contributed by atoms with van der Waals surface area (Å²) in [7, 11) is 3.17. The number of rotatable bonds is 6. The second kappa shape index (κ2) is 7.99. The van der Waals surface area contributed by atoms with Gasteiger partial charge in [-0.3, -0.25) is 4.79 Å². The van der Waals surface area contributed by atoms with Crippen molar-refractivity contribution < 1.29 is 18.3 Å². The predicted octanol–water partition coefficient (Wildman–Crippen LogP) is 3.16. The molecule has 0 spiro atoms. The first kappa shape index (κ1) is 18.6. The summed E-state index contributed by atoms with van der Waals surface area (Å²) in [6, 6.07) is 9.71. The zero-order valence-corrected chi connectivity index (χ0v) is 14.9. The number of aromatic nitrogens is 2. The molecular formula is C20H19F2N3O2. The van der Waals surface area contributed by atoms with Crippen molar-refractivity contribution in [3.05, 3.63) is 83.4 Å². The van der Waals surface area contributed by atoms with Crippen LogP contribution in [0.4, 0.5) is 8.78 Å². The zero-order chi connectivity index (χ0) is 19.4. The van der Waals surface area contributed by atoms with Gasteiger partial charge in [-0.1, -0.05) is 18.2 Å². The molecule has 0 radical (unpaired) electrons. The van der Waals surface area contributed by atoms with Crippen molar-refractivity contribution in [2.75, 3.05) is 7.11 Å². The van der Waals surface area contributed by atoms with E-state index in [2.05, 4.69) is 10.3 Å². The Morgan fingerprint density at radius 3 is 2.70 bits per heavy atom. The van der Waals surface area contributed by atoms with E-state index in [4.69, 9.17) is 4.74 Å². The Kier molecular flexibility index (Phi) is 5.49. The van der Waals surface area contributed by atoms with Crippen molar-refractivity contribution in [2.24, 2.45) is 7.05 Å². The molecule has 3 aromatic rings. The van der Waals surface area contributed by atoms with E-state index in [-0.39, 0.29) is 18.1 Å². The van der Waals surface area contributed by atoms with Gasteiger partial charge in [0.15, 0.2) is 11.6 Å². The highest BCUT2D eigenvalue weighted by molar-refractivity contribution is 5.79. The lowest BCUT2D eigenvalue weighted by Gasteiger charge is -2.19. The Morgan fingerprint density at radius 1 is 1.26 bits per heavy atom. The second-order valence-corrected chi connectivity index (χ2v) is 6.10. The fourth-order valence-electron chi connectivity index (χ4n) is 2.86. The van der Waals surface area contributed by atoms with Crippen LogP contribution in [-0.2, 0) is 18.3 Å². The fourth-order valence-corrected chi connectivity index (χ4v) is 2.86. The van der Waals surface area contributed by atoms with Crippen LogP contribution in [0.25, 0.3) is 0 Å². The minimum atomic E-state index is -0.628. The number of nitrogens with one attached hydrogen (secondary N) is 1. The van der Waals surface area contributed by atoms with E-state index < -0.39 is 17.7 Å². The molecule has 1 atom stereocenters. The number of aryl methyl sites for hydroxylation is 1. The van der Waals surface area contributed by atoms with Gasteiger partial charge >= 0.3 is 0 Å². The lowest BCUT2D eigenvalue weighted by Crippen LogP contribution is -2.32. The number of imidazole rings is 1. The van der Waals surface area contributed by atoms with Crippen molar-refractivity contribution in [1.82, 2.24) is 14.9 Å². The van der Waals surface area contributed by atoms with E-state index >= 15 is 0 Å². The van der Waals surface area contributed by atoms with Crippen LogP contribution in [-0.4, -0.2) is 22.6 Å². The molecule has 0 saturated carbocycles. The molecule has 0 fully saturated rings. The maximum atomic E-state index is 13.8. The van der Waals surface area contributed by atoms with Gasteiger partial charge in [0.25, 0.3) is 0 Å². The molecule has 1 N–H and O–H groups in total. The number of nitrogens with zero attached hydrogens (tertiary/aromatic N) is 2. The van der Waals surface area contributed by atoms with Crippen LogP contribution >= 0.6 is 0 Å². The third-order valence-electron chi connectivity index (χ3n) is 4.18. The summed E-state index contributed by atoms with van der Waals surface area (Å²) >= 11 is 0. The number of benzene rings is 2. The zero-order valence-electron chi connectivity index (χ0n) is 14.9. The Morgan fingerprint density at radius 2 is 2.07 bits per heavy atom. The Balaban J connectivity index is 1.83. The van der Waals surface area contributed by atoms with Gasteiger partial charge in [-0.05, 0) is 35.4 Å². The molecule has 5 nitrogen and oxygen atoms in total. The number of methoxy groups -OCH3 is 1. The summed E-state index contributed by atoms with van der Waals surface area (Å²) in [5.41, 5.74) is 1.07. The van der Waals surface area contributed by atoms with Crippen LogP contribution in [0.3, 0.4) is 0 Å². The first-order valence-corrected chi connectivity index (χ1v) is 8.32. The van der Waals surface area contributed by atoms with Crippen LogP contribution in [0.15, 0.2) is 54.9 Å². The van der Waals surface area contributed by atoms with Crippen LogP contribution in [0.5, 0.6) is 5.75 Å². The van der Waals surface area contributed by atoms with E-state index in [0.29, 0.717) is 17.0 Å². The quantitative estimate of drug-likeness (QED) is 0.724. The Bertz CT molecular complexity index is 956. The van der Waals surface area contributed by atoms with Gasteiger partial charge in [0.2, 0.25) is 5.91 Å². The highest BCUT2D eigenvalue weighted by Gasteiger charge is 2.21. The summed E-state index contributed by atoms with van der Waals surface area (Å²) in [4.78, 5) is 16.8. The molecule has 3 rings (SSSR count). The van der Waals surface area contributed by atoms with Crippen molar-refractivity contribution >= 4 is 5.91 Å². The van der Waals surface area contributed by atoms with E-state index in [0.717, 1.165) is 0 Å². The molecule has 1 heterocycles. The molecule has 0 aliphatic carbocycles. The highest BCUT2D eigenvalue weighted by Crippen LogP contribution is 2.22. The van der Waals surface area contributed by atoms with E-state index in [1.165, 1.54) is 31.4 Å². The molecule has 2 aromatic carbocycles. The Labute approximate surface area is 155 Å². The molecule has 27 heavy (non-hydrogen) atoms. The van der Waals surface area contributed by atoms with Gasteiger partial charge < -0.3 is 14.6 Å². The maximum Gasteiger partial charge on any atom is 0.225 e. The third-order valence-corrected chi connectivity index (χ3v) is 4.18. The molecule has 140 valence electrons. The maximum absolute atomic E-state index is 13.8. The van der Waals surface area contributed by atoms with E-state index in [1.807, 2.05) is 0 Å². The first-order valence-electron chi connectivity index (χ1n) is 8.32. The summed E-state index contributed by atoms with van der Waals surface area (Å²) < 4.78 is 34.1. The van der Waals surface area contributed by atoms with Crippen molar-refractivity contribution in [3.8, 4) is 5.75 Å². The van der Waals surface area contributed by atoms with Crippen LogP contribution in [0.2, 0.25) is 0 Å². The number of ether oxygens (including phenoxy) is 1. The molecule has 0 unspecified atom stereocenters. The number of hydrogen-bond donors (Lipinski definition) is 1. The number of carbonyl (C=O) groups is 1. The lowest BCUT2D eigenvalue weighted by atomic mass is 10.0. The fraction of sp³-hybridized carbons (Fsp3) is 0.200. The molecular weight excluding hydrogens is 352 g/mol. The largest absolute Gasteiger partial charge is 0.494 e. The number of carbonyl (C=O) groups excluding carboxylic acids is 1. The number of halogens is 2. The number of amides is 1. The van der Waals surface area contributed by atoms with Crippen LogP contribution in [0.1, 0.15) is 23.0 Å². The molecule has 0 bridgehead atoms. The van der Waals surface area contributed by atoms with Gasteiger partial charge in [0.1, 0.15) is 17.7 Å². The molecule has 0 aliphatic heterocycles. The standard InChI is InChI=1S/C20H19F2N3O2/c1-25-9-8-23-20(25)19(14-4-3-5-15(21)12-14)24-18(26)11-13-6-7-17(27-2)16(22)10-13/h3-10,12,19H,11H2,1-2H3,(H,24,26)/t19-/m1/s1. The van der Waals surface area contributed by atoms with Gasteiger partial charge in [-0.15, -0.1) is 0 Å². The van der Waals surface area contributed by atoms with Gasteiger partial charge in [0, 0.05) is 19.4 Å². The van der Waals surface area contributed by atoms with Crippen molar-refractivity contribution in [1.29, 1.82) is 0 Å². The van der Waals surface area contributed by atoms with Gasteiger partial charge in [0.05, 0.1) is 13.5 Å². The molecule has 7 heteroatoms. The van der Waals surface area contributed by atoms with Crippen molar-refractivity contribution in [2.45, 2.75) is 12.5 Å². The molecule has 1 aromatic heterocycles. The minimum Gasteiger partial charge on any atom is -0.494 e. The Hall–Kier alpha value is -3.22. The number of hydrogen-bond acceptors (Lipinski definition) is 3. The van der Waals surface area contributed by atoms with Crippen LogP contribution < -0.4 is 10.1 Å². The summed E-state index contributed by atoms with van der Waals surface area (Å²) in [6.07, 6.45) is 3.32. The van der Waals surface area contributed by atoms with Gasteiger partial charge in [-0.2, -0.15) is 0 Å². The first-order chi connectivity index (χ1) is 13.0. The average Bonchev–Trinajstić information content (AvgIpc) is 3.05. The monoisotopic (exact) mass is 371 g/mol. The van der Waals surface area contributed by atoms with Crippen molar-refractivity contribution in [3.63, 3.8) is 0 Å². The average molecular weight is 371 g/mol. The molecule has 1 amide bonds. The second-order valence-electron chi connectivity index (χ2n) is 6.10. The smallest absolute Gasteiger partial charge is 0.225 e. The van der Waals surface area contributed by atoms with Crippen LogP contribution in [0, 0.1) is 11.6 Å². The van der Waals surface area contributed by atoms with E-state index in [9.17, 15) is 13.6 Å². The summed E-state index contributed by atoms with van der Waals surface area (Å²) in [6.45, 7) is 0. The SMILES string of the molecule is COc1ccc(CC(=O)N[C@H](c2cccc(F)c2)c2nccn2C)cc1F. The summed E-state index contributed by atoms with van der Waals surface area (Å²) in [5.74, 6) is -0.594. The van der Waals surface area contributed by atoms with Gasteiger partial charge in [-0.25, -0.2) is 13.8 Å². The summed E-state index contributed by atoms with van der Waals surface area (Å²) in [5, 5.41) is 2.86. The predicted molar refractivity (Wildman–Crippen MR) is 96.2 cm³/mol.